The van der Waals surface area contributed by atoms with Gasteiger partial charge in [-0.2, -0.15) is 11.8 Å². The lowest BCUT2D eigenvalue weighted by molar-refractivity contribution is -0.114. The Balaban J connectivity index is 2.60. The maximum absolute atomic E-state index is 11.1. The molecule has 17 heavy (non-hydrogen) atoms. The first-order chi connectivity index (χ1) is 8.13. The zero-order valence-electron chi connectivity index (χ0n) is 10.6. The summed E-state index contributed by atoms with van der Waals surface area (Å²) in [5.41, 5.74) is 2.01. The first kappa shape index (κ1) is 14.1. The first-order valence-corrected chi connectivity index (χ1v) is 7.10. The second-order valence-electron chi connectivity index (χ2n) is 4.08. The molecule has 94 valence electrons. The molecule has 1 rings (SSSR count). The molecule has 0 bridgehead atoms. The number of thioether (sulfide) groups is 1. The molecule has 0 saturated carbocycles. The molecule has 0 saturated heterocycles. The van der Waals surface area contributed by atoms with Crippen molar-refractivity contribution in [2.75, 3.05) is 17.3 Å². The van der Waals surface area contributed by atoms with Gasteiger partial charge in [-0.05, 0) is 24.8 Å². The number of benzene rings is 1. The second-order valence-corrected chi connectivity index (χ2v) is 4.99. The van der Waals surface area contributed by atoms with Crippen LogP contribution in [0, 0.1) is 0 Å². The van der Waals surface area contributed by atoms with Gasteiger partial charge in [-0.1, -0.05) is 18.2 Å². The van der Waals surface area contributed by atoms with Crippen molar-refractivity contribution in [3.05, 3.63) is 29.8 Å². The Morgan fingerprint density at radius 3 is 2.76 bits per heavy atom. The lowest BCUT2D eigenvalue weighted by Gasteiger charge is -2.15. The normalized spacial score (nSPS) is 12.2. The SMILES string of the molecule is CSCC(C)NCc1ccccc1NC(C)=O. The summed E-state index contributed by atoms with van der Waals surface area (Å²) in [6.07, 6.45) is 2.10. The van der Waals surface area contributed by atoms with Crippen molar-refractivity contribution >= 4 is 23.4 Å². The van der Waals surface area contributed by atoms with E-state index in [-0.39, 0.29) is 5.91 Å². The molecule has 0 aromatic heterocycles. The number of carbonyl (C=O) groups is 1. The molecule has 3 nitrogen and oxygen atoms in total. The van der Waals surface area contributed by atoms with Gasteiger partial charge in [0.25, 0.3) is 0 Å². The van der Waals surface area contributed by atoms with Crippen molar-refractivity contribution in [1.29, 1.82) is 0 Å². The van der Waals surface area contributed by atoms with Crippen LogP contribution in [-0.2, 0) is 11.3 Å². The van der Waals surface area contributed by atoms with Crippen LogP contribution in [0.5, 0.6) is 0 Å². The van der Waals surface area contributed by atoms with E-state index in [1.165, 1.54) is 6.92 Å². The number of hydrogen-bond donors (Lipinski definition) is 2. The van der Waals surface area contributed by atoms with Crippen LogP contribution in [0.15, 0.2) is 24.3 Å². The predicted octanol–water partition coefficient (Wildman–Crippen LogP) is 2.49. The zero-order chi connectivity index (χ0) is 12.7. The fraction of sp³-hybridized carbons (Fsp3) is 0.462. The summed E-state index contributed by atoms with van der Waals surface area (Å²) in [4.78, 5) is 11.1. The second kappa shape index (κ2) is 7.35. The topological polar surface area (TPSA) is 41.1 Å². The van der Waals surface area contributed by atoms with Crippen LogP contribution < -0.4 is 10.6 Å². The summed E-state index contributed by atoms with van der Waals surface area (Å²) in [5, 5.41) is 6.29. The number of hydrogen-bond acceptors (Lipinski definition) is 3. The lowest BCUT2D eigenvalue weighted by Crippen LogP contribution is -2.28. The average Bonchev–Trinajstić information content (AvgIpc) is 2.27. The van der Waals surface area contributed by atoms with Crippen molar-refractivity contribution in [3.63, 3.8) is 0 Å². The summed E-state index contributed by atoms with van der Waals surface area (Å²) in [6.45, 7) is 4.47. The highest BCUT2D eigenvalue weighted by Crippen LogP contribution is 2.14. The van der Waals surface area contributed by atoms with E-state index in [1.807, 2.05) is 36.0 Å². The molecule has 4 heteroatoms. The summed E-state index contributed by atoms with van der Waals surface area (Å²) in [5.74, 6) is 1.05. The third-order valence-corrected chi connectivity index (χ3v) is 3.22. The number of rotatable bonds is 6. The molecule has 0 fully saturated rings. The zero-order valence-corrected chi connectivity index (χ0v) is 11.4. The molecule has 1 atom stereocenters. The monoisotopic (exact) mass is 252 g/mol. The van der Waals surface area contributed by atoms with E-state index in [9.17, 15) is 4.79 Å². The number of amides is 1. The minimum Gasteiger partial charge on any atom is -0.326 e. The van der Waals surface area contributed by atoms with Crippen molar-refractivity contribution in [3.8, 4) is 0 Å². The number of anilines is 1. The van der Waals surface area contributed by atoms with E-state index in [0.717, 1.165) is 23.5 Å². The van der Waals surface area contributed by atoms with E-state index in [1.54, 1.807) is 0 Å². The van der Waals surface area contributed by atoms with Crippen LogP contribution in [0.1, 0.15) is 19.4 Å². The number of carbonyl (C=O) groups excluding carboxylic acids is 1. The summed E-state index contributed by atoms with van der Waals surface area (Å²) >= 11 is 1.83. The highest BCUT2D eigenvalue weighted by Gasteiger charge is 2.05. The molecular formula is C13H20N2OS. The van der Waals surface area contributed by atoms with Gasteiger partial charge >= 0.3 is 0 Å². The highest BCUT2D eigenvalue weighted by atomic mass is 32.2. The number of para-hydroxylation sites is 1. The van der Waals surface area contributed by atoms with Gasteiger partial charge in [0, 0.05) is 31.0 Å². The van der Waals surface area contributed by atoms with Crippen LogP contribution in [0.4, 0.5) is 5.69 Å². The maximum atomic E-state index is 11.1. The smallest absolute Gasteiger partial charge is 0.221 e. The molecule has 0 aliphatic heterocycles. The maximum Gasteiger partial charge on any atom is 0.221 e. The Morgan fingerprint density at radius 2 is 2.12 bits per heavy atom. The van der Waals surface area contributed by atoms with Gasteiger partial charge in [-0.3, -0.25) is 4.79 Å². The average molecular weight is 252 g/mol. The van der Waals surface area contributed by atoms with Gasteiger partial charge < -0.3 is 10.6 Å². The van der Waals surface area contributed by atoms with Gasteiger partial charge in [-0.15, -0.1) is 0 Å². The predicted molar refractivity (Wildman–Crippen MR) is 75.4 cm³/mol. The molecule has 0 spiro atoms. The van der Waals surface area contributed by atoms with Crippen molar-refractivity contribution < 1.29 is 4.79 Å². The fourth-order valence-corrected chi connectivity index (χ4v) is 2.20. The van der Waals surface area contributed by atoms with Crippen LogP contribution >= 0.6 is 11.8 Å². The standard InChI is InChI=1S/C13H20N2OS/c1-10(9-17-3)14-8-12-6-4-5-7-13(12)15-11(2)16/h4-7,10,14H,8-9H2,1-3H3,(H,15,16). The van der Waals surface area contributed by atoms with Gasteiger partial charge in [0.2, 0.25) is 5.91 Å². The van der Waals surface area contributed by atoms with Crippen LogP contribution in [0.3, 0.4) is 0 Å². The minimum atomic E-state index is -0.0328. The largest absolute Gasteiger partial charge is 0.326 e. The molecule has 0 heterocycles. The summed E-state index contributed by atoms with van der Waals surface area (Å²) < 4.78 is 0. The van der Waals surface area contributed by atoms with E-state index < -0.39 is 0 Å². The third-order valence-electron chi connectivity index (χ3n) is 2.39. The van der Waals surface area contributed by atoms with E-state index in [2.05, 4.69) is 23.8 Å². The Labute approximate surface area is 107 Å². The Kier molecular flexibility index (Phi) is 6.08. The molecule has 0 radical (unpaired) electrons. The summed E-state index contributed by atoms with van der Waals surface area (Å²) in [7, 11) is 0. The van der Waals surface area contributed by atoms with Crippen LogP contribution in [0.2, 0.25) is 0 Å². The quantitative estimate of drug-likeness (QED) is 0.817. The molecule has 0 aliphatic rings. The third kappa shape index (κ3) is 5.24. The van der Waals surface area contributed by atoms with Gasteiger partial charge in [0.1, 0.15) is 0 Å². The number of nitrogens with one attached hydrogen (secondary N) is 2. The van der Waals surface area contributed by atoms with Crippen molar-refractivity contribution in [1.82, 2.24) is 5.32 Å². The first-order valence-electron chi connectivity index (χ1n) is 5.71. The van der Waals surface area contributed by atoms with Crippen LogP contribution in [-0.4, -0.2) is 24.0 Å². The minimum absolute atomic E-state index is 0.0328. The van der Waals surface area contributed by atoms with Gasteiger partial charge in [-0.25, -0.2) is 0 Å². The molecule has 2 N–H and O–H groups in total. The molecule has 1 unspecified atom stereocenters. The summed E-state index contributed by atoms with van der Waals surface area (Å²) in [6, 6.07) is 8.35. The highest BCUT2D eigenvalue weighted by molar-refractivity contribution is 7.98. The van der Waals surface area contributed by atoms with Crippen LogP contribution in [0.25, 0.3) is 0 Å². The van der Waals surface area contributed by atoms with Gasteiger partial charge in [0.05, 0.1) is 0 Å². The van der Waals surface area contributed by atoms with Crippen molar-refractivity contribution in [2.24, 2.45) is 0 Å². The van der Waals surface area contributed by atoms with Crippen molar-refractivity contribution in [2.45, 2.75) is 26.4 Å². The molecule has 1 aromatic carbocycles. The molecule has 0 aliphatic carbocycles. The fourth-order valence-electron chi connectivity index (χ4n) is 1.58. The molecular weight excluding hydrogens is 232 g/mol. The van der Waals surface area contributed by atoms with E-state index in [0.29, 0.717) is 6.04 Å². The van der Waals surface area contributed by atoms with E-state index >= 15 is 0 Å². The van der Waals surface area contributed by atoms with Gasteiger partial charge in [0.15, 0.2) is 0 Å². The van der Waals surface area contributed by atoms with E-state index in [4.69, 9.17) is 0 Å². The lowest BCUT2D eigenvalue weighted by atomic mass is 10.1. The Bertz CT molecular complexity index is 368. The molecule has 1 aromatic rings. The molecule has 1 amide bonds. The Morgan fingerprint density at radius 1 is 1.41 bits per heavy atom. The Hall–Kier alpha value is -1.00.